The molecule has 0 heterocycles. The first kappa shape index (κ1) is 87.1. The molecule has 3 N–H and O–H groups in total. The van der Waals surface area contributed by atoms with E-state index in [0.717, 1.165) is 120 Å². The third-order valence-electron chi connectivity index (χ3n) is 16.4. The average molecular weight is 1310 g/mol. The molecule has 0 saturated heterocycles. The Morgan fingerprint density at radius 3 is 0.798 bits per heavy atom. The molecule has 0 aliphatic heterocycles. The summed E-state index contributed by atoms with van der Waals surface area (Å²) in [6, 6.07) is 0. The molecule has 0 aliphatic carbocycles. The lowest BCUT2D eigenvalue weighted by atomic mass is 10.00. The quantitative estimate of drug-likeness (QED) is 0.0222. The van der Waals surface area contributed by atoms with Gasteiger partial charge in [0.15, 0.2) is 12.2 Å². The van der Waals surface area contributed by atoms with E-state index >= 15 is 0 Å². The predicted octanol–water partition coefficient (Wildman–Crippen LogP) is 19.7. The van der Waals surface area contributed by atoms with Gasteiger partial charge in [-0.2, -0.15) is 0 Å². The SMILES string of the molecule is CCC(C)CCCCCCCCC(=O)OC[C@H](COP(=O)(O)OC[C@H](O)COP(=O)(O)OC[C@@H](COC(=O)CCCCCCCCCCCCC(C)C)OC(=O)CCCCCCCCCCC(C)C)OC(=O)CCCCCCCCCCCCCCC(C)C. The standard InChI is InChI=1S/C70H136O17P2/c1-9-63(8)49-41-33-28-29-35-43-51-68(73)81-57-66(86-69(74)52-44-36-26-19-13-11-10-12-16-22-30-38-46-60(2)3)59-85-89(78,79)83-55-64(71)54-82-88(76,77)84-58-65(87-70(75)53-45-37-27-21-20-24-32-40-48-62(6)7)56-80-67(72)50-42-34-25-18-15-14-17-23-31-39-47-61(4)5/h60-66,71H,9-59H2,1-8H3,(H,76,77)(H,78,79)/t63?,64-,65-,66-/m1/s1. The second-order valence-corrected chi connectivity index (χ2v) is 29.8. The van der Waals surface area contributed by atoms with Crippen LogP contribution >= 0.6 is 15.6 Å². The molecule has 19 heteroatoms. The number of hydrogen-bond acceptors (Lipinski definition) is 15. The number of aliphatic hydroxyl groups is 1. The van der Waals surface area contributed by atoms with Gasteiger partial charge < -0.3 is 33.8 Å². The second-order valence-electron chi connectivity index (χ2n) is 26.9. The number of phosphoric ester groups is 2. The van der Waals surface area contributed by atoms with E-state index in [0.29, 0.717) is 25.7 Å². The van der Waals surface area contributed by atoms with Gasteiger partial charge in [0.25, 0.3) is 0 Å². The monoisotopic (exact) mass is 1310 g/mol. The van der Waals surface area contributed by atoms with E-state index in [4.69, 9.17) is 37.0 Å². The summed E-state index contributed by atoms with van der Waals surface area (Å²) in [5.41, 5.74) is 0. The van der Waals surface area contributed by atoms with Crippen molar-refractivity contribution in [2.24, 2.45) is 23.7 Å². The molecule has 0 rings (SSSR count). The van der Waals surface area contributed by atoms with Crippen LogP contribution in [-0.4, -0.2) is 96.7 Å². The highest BCUT2D eigenvalue weighted by molar-refractivity contribution is 7.47. The van der Waals surface area contributed by atoms with Crippen molar-refractivity contribution in [3.8, 4) is 0 Å². The van der Waals surface area contributed by atoms with Crippen LogP contribution in [0.25, 0.3) is 0 Å². The van der Waals surface area contributed by atoms with Crippen LogP contribution in [0.1, 0.15) is 344 Å². The van der Waals surface area contributed by atoms with Gasteiger partial charge >= 0.3 is 39.5 Å². The normalized spacial score (nSPS) is 14.6. The van der Waals surface area contributed by atoms with Gasteiger partial charge in [-0.15, -0.1) is 0 Å². The van der Waals surface area contributed by atoms with E-state index in [1.165, 1.54) is 141 Å². The molecule has 0 aromatic rings. The van der Waals surface area contributed by atoms with Gasteiger partial charge in [0.1, 0.15) is 19.3 Å². The van der Waals surface area contributed by atoms with Crippen LogP contribution in [-0.2, 0) is 65.4 Å². The minimum atomic E-state index is -4.95. The zero-order valence-electron chi connectivity index (χ0n) is 58.1. The van der Waals surface area contributed by atoms with Crippen molar-refractivity contribution >= 4 is 39.5 Å². The van der Waals surface area contributed by atoms with E-state index in [1.54, 1.807) is 0 Å². The molecule has 0 radical (unpaired) electrons. The summed E-state index contributed by atoms with van der Waals surface area (Å²) < 4.78 is 68.3. The fourth-order valence-corrected chi connectivity index (χ4v) is 12.0. The van der Waals surface area contributed by atoms with Crippen molar-refractivity contribution in [2.75, 3.05) is 39.6 Å². The van der Waals surface area contributed by atoms with Gasteiger partial charge in [-0.3, -0.25) is 37.3 Å². The summed E-state index contributed by atoms with van der Waals surface area (Å²) in [6.45, 7) is 14.1. The molecular weight excluding hydrogens is 1170 g/mol. The molecule has 0 amide bonds. The summed E-state index contributed by atoms with van der Waals surface area (Å²) in [7, 11) is -9.90. The van der Waals surface area contributed by atoms with Crippen molar-refractivity contribution in [1.82, 2.24) is 0 Å². The van der Waals surface area contributed by atoms with Crippen molar-refractivity contribution in [3.63, 3.8) is 0 Å². The molecule has 0 bridgehead atoms. The van der Waals surface area contributed by atoms with Crippen molar-refractivity contribution in [3.05, 3.63) is 0 Å². The lowest BCUT2D eigenvalue weighted by molar-refractivity contribution is -0.161. The molecule has 528 valence electrons. The van der Waals surface area contributed by atoms with E-state index in [1.807, 2.05) is 0 Å². The van der Waals surface area contributed by atoms with Crippen LogP contribution in [0.2, 0.25) is 0 Å². The maximum absolute atomic E-state index is 13.0. The van der Waals surface area contributed by atoms with Crippen LogP contribution in [0.5, 0.6) is 0 Å². The summed E-state index contributed by atoms with van der Waals surface area (Å²) in [5, 5.41) is 10.6. The maximum Gasteiger partial charge on any atom is 0.472 e. The second kappa shape index (κ2) is 59.8. The summed E-state index contributed by atoms with van der Waals surface area (Å²) in [5.74, 6) is 0.853. The highest BCUT2D eigenvalue weighted by Crippen LogP contribution is 2.45. The Morgan fingerprint density at radius 2 is 0.539 bits per heavy atom. The highest BCUT2D eigenvalue weighted by Gasteiger charge is 2.30. The number of carbonyl (C=O) groups is 4. The van der Waals surface area contributed by atoms with Gasteiger partial charge in [0, 0.05) is 25.7 Å². The van der Waals surface area contributed by atoms with E-state index in [-0.39, 0.29) is 25.7 Å². The van der Waals surface area contributed by atoms with Gasteiger partial charge in [0.05, 0.1) is 26.4 Å². The minimum absolute atomic E-state index is 0.104. The minimum Gasteiger partial charge on any atom is -0.462 e. The van der Waals surface area contributed by atoms with Gasteiger partial charge in [-0.25, -0.2) is 9.13 Å². The lowest BCUT2D eigenvalue weighted by Gasteiger charge is -2.21. The number of rotatable bonds is 67. The molecule has 0 saturated carbocycles. The lowest BCUT2D eigenvalue weighted by Crippen LogP contribution is -2.30. The highest BCUT2D eigenvalue weighted by atomic mass is 31.2. The zero-order valence-corrected chi connectivity index (χ0v) is 59.8. The Labute approximate surface area is 543 Å². The molecule has 0 aliphatic rings. The molecule has 0 aromatic heterocycles. The van der Waals surface area contributed by atoms with Gasteiger partial charge in [-0.05, 0) is 49.4 Å². The van der Waals surface area contributed by atoms with Crippen LogP contribution in [0, 0.1) is 23.7 Å². The van der Waals surface area contributed by atoms with Crippen molar-refractivity contribution < 1.29 is 80.2 Å². The van der Waals surface area contributed by atoms with Crippen LogP contribution < -0.4 is 0 Å². The number of carbonyl (C=O) groups excluding carboxylic acids is 4. The number of phosphoric acid groups is 2. The van der Waals surface area contributed by atoms with Crippen LogP contribution in [0.3, 0.4) is 0 Å². The number of aliphatic hydroxyl groups excluding tert-OH is 1. The molecule has 6 atom stereocenters. The van der Waals surface area contributed by atoms with Gasteiger partial charge in [0.2, 0.25) is 0 Å². The fraction of sp³-hybridized carbons (Fsp3) is 0.943. The van der Waals surface area contributed by atoms with E-state index in [2.05, 4.69) is 55.4 Å². The molecule has 0 spiro atoms. The number of ether oxygens (including phenoxy) is 4. The Bertz CT molecular complexity index is 1770. The third-order valence-corrected chi connectivity index (χ3v) is 18.3. The zero-order chi connectivity index (χ0) is 66.1. The molecular formula is C70H136O17P2. The predicted molar refractivity (Wildman–Crippen MR) is 358 cm³/mol. The topological polar surface area (TPSA) is 237 Å². The van der Waals surface area contributed by atoms with E-state index < -0.39 is 97.5 Å². The average Bonchev–Trinajstić information content (AvgIpc) is 3.63. The van der Waals surface area contributed by atoms with Crippen LogP contribution in [0.15, 0.2) is 0 Å². The summed E-state index contributed by atoms with van der Waals surface area (Å²) >= 11 is 0. The Hall–Kier alpha value is -1.94. The summed E-state index contributed by atoms with van der Waals surface area (Å²) in [6.07, 6.45) is 41.7. The molecule has 89 heavy (non-hydrogen) atoms. The molecule has 0 fully saturated rings. The fourth-order valence-electron chi connectivity index (χ4n) is 10.5. The Balaban J connectivity index is 5.25. The number of hydrogen-bond donors (Lipinski definition) is 3. The first-order valence-electron chi connectivity index (χ1n) is 36.2. The molecule has 0 aromatic carbocycles. The Kier molecular flexibility index (Phi) is 58.5. The third kappa shape index (κ3) is 63.2. The van der Waals surface area contributed by atoms with Crippen LogP contribution in [0.4, 0.5) is 0 Å². The number of esters is 4. The van der Waals surface area contributed by atoms with Crippen molar-refractivity contribution in [1.29, 1.82) is 0 Å². The molecule has 17 nitrogen and oxygen atoms in total. The largest absolute Gasteiger partial charge is 0.472 e. The molecule has 3 unspecified atom stereocenters. The van der Waals surface area contributed by atoms with Gasteiger partial charge in [-0.1, -0.05) is 293 Å². The number of unbranched alkanes of at least 4 members (excludes halogenated alkanes) is 32. The summed E-state index contributed by atoms with van der Waals surface area (Å²) in [4.78, 5) is 72.5. The smallest absolute Gasteiger partial charge is 0.462 e. The maximum atomic E-state index is 13.0. The first-order chi connectivity index (χ1) is 42.6. The first-order valence-corrected chi connectivity index (χ1v) is 39.2. The van der Waals surface area contributed by atoms with E-state index in [9.17, 15) is 43.2 Å². The Morgan fingerprint density at radius 1 is 0.315 bits per heavy atom. The van der Waals surface area contributed by atoms with Crippen molar-refractivity contribution in [2.45, 2.75) is 363 Å².